The Kier molecular flexibility index (Phi) is 6.40. The first-order valence-corrected chi connectivity index (χ1v) is 10.7. The van der Waals surface area contributed by atoms with Crippen molar-refractivity contribution in [1.82, 2.24) is 10.6 Å². The number of carbonyl (C=O) groups is 2. The van der Waals surface area contributed by atoms with Gasteiger partial charge in [-0.15, -0.1) is 0 Å². The van der Waals surface area contributed by atoms with Gasteiger partial charge in [-0.05, 0) is 60.4 Å². The van der Waals surface area contributed by atoms with Gasteiger partial charge in [0.05, 0.1) is 7.11 Å². The Morgan fingerprint density at radius 1 is 0.938 bits per heavy atom. The van der Waals surface area contributed by atoms with E-state index in [4.69, 9.17) is 4.74 Å². The molecular weight excluding hydrogens is 402 g/mol. The number of aryl methyl sites for hydroxylation is 1. The van der Waals surface area contributed by atoms with Gasteiger partial charge in [0, 0.05) is 30.9 Å². The minimum Gasteiger partial charge on any atom is -0.497 e. The Hall–Kier alpha value is -3.80. The molecule has 0 saturated heterocycles. The summed E-state index contributed by atoms with van der Waals surface area (Å²) < 4.78 is 5.21. The molecule has 6 nitrogen and oxygen atoms in total. The molecule has 3 aromatic carbocycles. The number of hydrogen-bond donors (Lipinski definition) is 2. The molecule has 0 spiro atoms. The molecule has 0 unspecified atom stereocenters. The third-order valence-electron chi connectivity index (χ3n) is 5.60. The number of amides is 3. The fraction of sp³-hybridized carbons (Fsp3) is 0.231. The lowest BCUT2D eigenvalue weighted by atomic mass is 10.1. The van der Waals surface area contributed by atoms with Crippen molar-refractivity contribution < 1.29 is 14.3 Å². The molecule has 0 fully saturated rings. The SMILES string of the molecule is COc1cccc(CNC(=O)NCc2ccc3c(c2)N(C(=O)c2cccc(C)c2)CC3)c1. The van der Waals surface area contributed by atoms with Gasteiger partial charge in [-0.2, -0.15) is 0 Å². The second kappa shape index (κ2) is 9.56. The third kappa shape index (κ3) is 4.91. The Morgan fingerprint density at radius 2 is 1.69 bits per heavy atom. The van der Waals surface area contributed by atoms with Crippen molar-refractivity contribution in [3.05, 3.63) is 94.5 Å². The minimum absolute atomic E-state index is 0.00796. The number of hydrogen-bond acceptors (Lipinski definition) is 3. The summed E-state index contributed by atoms with van der Waals surface area (Å²) in [5, 5.41) is 5.74. The lowest BCUT2D eigenvalue weighted by Gasteiger charge is -2.18. The molecule has 164 valence electrons. The molecule has 0 bridgehead atoms. The minimum atomic E-state index is -0.249. The van der Waals surface area contributed by atoms with Crippen LogP contribution in [-0.2, 0) is 19.5 Å². The summed E-state index contributed by atoms with van der Waals surface area (Å²) in [6.45, 7) is 3.44. The van der Waals surface area contributed by atoms with Gasteiger partial charge >= 0.3 is 6.03 Å². The van der Waals surface area contributed by atoms with E-state index in [0.717, 1.165) is 40.1 Å². The van der Waals surface area contributed by atoms with Crippen LogP contribution >= 0.6 is 0 Å². The maximum absolute atomic E-state index is 13.0. The van der Waals surface area contributed by atoms with Crippen LogP contribution in [0.15, 0.2) is 66.7 Å². The van der Waals surface area contributed by atoms with E-state index < -0.39 is 0 Å². The molecule has 0 radical (unpaired) electrons. The number of ether oxygens (including phenoxy) is 1. The van der Waals surface area contributed by atoms with Gasteiger partial charge in [0.25, 0.3) is 5.91 Å². The number of rotatable bonds is 6. The normalized spacial score (nSPS) is 12.2. The van der Waals surface area contributed by atoms with Crippen LogP contribution in [0.25, 0.3) is 0 Å². The van der Waals surface area contributed by atoms with E-state index in [-0.39, 0.29) is 11.9 Å². The second-order valence-electron chi connectivity index (χ2n) is 7.93. The summed E-state index contributed by atoms with van der Waals surface area (Å²) in [7, 11) is 1.62. The van der Waals surface area contributed by atoms with E-state index in [0.29, 0.717) is 25.2 Å². The van der Waals surface area contributed by atoms with Crippen molar-refractivity contribution in [3.8, 4) is 5.75 Å². The van der Waals surface area contributed by atoms with Crippen LogP contribution in [-0.4, -0.2) is 25.6 Å². The highest BCUT2D eigenvalue weighted by atomic mass is 16.5. The Bertz CT molecular complexity index is 1140. The fourth-order valence-electron chi connectivity index (χ4n) is 3.89. The zero-order chi connectivity index (χ0) is 22.5. The van der Waals surface area contributed by atoms with Crippen LogP contribution in [0.4, 0.5) is 10.5 Å². The highest BCUT2D eigenvalue weighted by Crippen LogP contribution is 2.30. The number of nitrogens with one attached hydrogen (secondary N) is 2. The maximum atomic E-state index is 13.0. The molecule has 0 aromatic heterocycles. The summed E-state index contributed by atoms with van der Waals surface area (Å²) in [5.41, 5.74) is 5.74. The quantitative estimate of drug-likeness (QED) is 0.617. The molecule has 3 aromatic rings. The zero-order valence-corrected chi connectivity index (χ0v) is 18.4. The first kappa shape index (κ1) is 21.4. The largest absolute Gasteiger partial charge is 0.497 e. The molecule has 1 aliphatic heterocycles. The standard InChI is InChI=1S/C26H27N3O3/c1-18-5-3-7-22(13-18)25(30)29-12-11-21-10-9-20(15-24(21)29)17-28-26(31)27-16-19-6-4-8-23(14-19)32-2/h3-10,13-15H,11-12,16-17H2,1-2H3,(H2,27,28,31). The van der Waals surface area contributed by atoms with Gasteiger partial charge in [0.2, 0.25) is 0 Å². The molecular formula is C26H27N3O3. The van der Waals surface area contributed by atoms with Crippen LogP contribution in [0.3, 0.4) is 0 Å². The molecule has 6 heteroatoms. The number of benzene rings is 3. The molecule has 4 rings (SSSR count). The van der Waals surface area contributed by atoms with Crippen molar-refractivity contribution in [2.75, 3.05) is 18.6 Å². The molecule has 0 atom stereocenters. The number of methoxy groups -OCH3 is 1. The lowest BCUT2D eigenvalue weighted by molar-refractivity contribution is 0.0989. The van der Waals surface area contributed by atoms with Crippen molar-refractivity contribution >= 4 is 17.6 Å². The molecule has 32 heavy (non-hydrogen) atoms. The average Bonchev–Trinajstić information content (AvgIpc) is 3.24. The van der Waals surface area contributed by atoms with E-state index in [9.17, 15) is 9.59 Å². The van der Waals surface area contributed by atoms with Crippen molar-refractivity contribution in [1.29, 1.82) is 0 Å². The summed E-state index contributed by atoms with van der Waals surface area (Å²) in [4.78, 5) is 27.1. The summed E-state index contributed by atoms with van der Waals surface area (Å²) in [6, 6.07) is 21.0. The molecule has 1 heterocycles. The molecule has 0 saturated carbocycles. The monoisotopic (exact) mass is 429 g/mol. The van der Waals surface area contributed by atoms with E-state index in [2.05, 4.69) is 10.6 Å². The predicted molar refractivity (Wildman–Crippen MR) is 125 cm³/mol. The summed E-state index contributed by atoms with van der Waals surface area (Å²) >= 11 is 0. The van der Waals surface area contributed by atoms with Gasteiger partial charge in [-0.3, -0.25) is 4.79 Å². The Balaban J connectivity index is 1.37. The second-order valence-corrected chi connectivity index (χ2v) is 7.93. The fourth-order valence-corrected chi connectivity index (χ4v) is 3.89. The van der Waals surface area contributed by atoms with E-state index in [1.807, 2.05) is 78.6 Å². The number of urea groups is 1. The van der Waals surface area contributed by atoms with Gasteiger partial charge in [-0.25, -0.2) is 4.79 Å². The zero-order valence-electron chi connectivity index (χ0n) is 18.4. The van der Waals surface area contributed by atoms with Gasteiger partial charge in [0.15, 0.2) is 0 Å². The van der Waals surface area contributed by atoms with Crippen LogP contribution in [0.1, 0.15) is 32.6 Å². The average molecular weight is 430 g/mol. The van der Waals surface area contributed by atoms with Crippen molar-refractivity contribution in [2.45, 2.75) is 26.4 Å². The summed E-state index contributed by atoms with van der Waals surface area (Å²) in [6.07, 6.45) is 0.835. The Labute approximate surface area is 188 Å². The number of anilines is 1. The van der Waals surface area contributed by atoms with Crippen LogP contribution in [0, 0.1) is 6.92 Å². The topological polar surface area (TPSA) is 70.7 Å². The van der Waals surface area contributed by atoms with Crippen LogP contribution in [0.5, 0.6) is 5.75 Å². The van der Waals surface area contributed by atoms with Crippen LogP contribution in [0.2, 0.25) is 0 Å². The molecule has 3 amide bonds. The predicted octanol–water partition coefficient (Wildman–Crippen LogP) is 4.21. The van der Waals surface area contributed by atoms with Crippen molar-refractivity contribution in [3.63, 3.8) is 0 Å². The number of nitrogens with zero attached hydrogens (tertiary/aromatic N) is 1. The maximum Gasteiger partial charge on any atom is 0.315 e. The third-order valence-corrected chi connectivity index (χ3v) is 5.60. The molecule has 0 aliphatic carbocycles. The first-order chi connectivity index (χ1) is 15.5. The highest BCUT2D eigenvalue weighted by Gasteiger charge is 2.25. The molecule has 2 N–H and O–H groups in total. The first-order valence-electron chi connectivity index (χ1n) is 10.7. The van der Waals surface area contributed by atoms with Gasteiger partial charge in [-0.1, -0.05) is 42.0 Å². The Morgan fingerprint density at radius 3 is 2.44 bits per heavy atom. The highest BCUT2D eigenvalue weighted by molar-refractivity contribution is 6.07. The number of fused-ring (bicyclic) bond motifs is 1. The van der Waals surface area contributed by atoms with E-state index in [1.165, 1.54) is 0 Å². The van der Waals surface area contributed by atoms with E-state index >= 15 is 0 Å². The van der Waals surface area contributed by atoms with Gasteiger partial charge in [0.1, 0.15) is 5.75 Å². The van der Waals surface area contributed by atoms with Crippen LogP contribution < -0.4 is 20.3 Å². The van der Waals surface area contributed by atoms with E-state index in [1.54, 1.807) is 7.11 Å². The number of carbonyl (C=O) groups excluding carboxylic acids is 2. The molecule has 1 aliphatic rings. The van der Waals surface area contributed by atoms with Crippen molar-refractivity contribution in [2.24, 2.45) is 0 Å². The summed E-state index contributed by atoms with van der Waals surface area (Å²) in [5.74, 6) is 0.765. The lowest BCUT2D eigenvalue weighted by Crippen LogP contribution is -2.34. The smallest absolute Gasteiger partial charge is 0.315 e. The van der Waals surface area contributed by atoms with Gasteiger partial charge < -0.3 is 20.3 Å².